The van der Waals surface area contributed by atoms with Gasteiger partial charge in [0.2, 0.25) is 11.8 Å². The molecule has 6 amide bonds. The van der Waals surface area contributed by atoms with Gasteiger partial charge in [-0.05, 0) is 91.5 Å². The molecule has 0 aliphatic carbocycles. The molecule has 8 N–H and O–H groups in total. The van der Waals surface area contributed by atoms with Gasteiger partial charge in [0.25, 0.3) is 11.8 Å². The van der Waals surface area contributed by atoms with Crippen LogP contribution in [0.15, 0.2) is 46.6 Å². The standard InChI is InChI=1S/C54H74F6N14O10/c1-51(2,3)83-49(79)73-21-17-33(28-73)81-43-35(69-41(75)15-11-13-19-65-47(61-7)62-8)23-31(53(55,56)57)25-37(43)71-45(77)39-27-40(68-30-67-39)46(78)72-38-26-32(54(58,59)60)24-36(70-42(76)16-12-14-20-66-48(63-9)64-10)44(38)82-34-18-22-74(29-34)50(80)84-52(4,5)6/h23-27,30,33-34H,11-22,28-29H2,1-10H3,(H,69,75)(H,70,76)(H,71,77)(H,72,78)(H2,61,62,65)(H2,63,64,66)/t33-,34-/m1/s1. The fourth-order valence-corrected chi connectivity index (χ4v) is 8.37. The second-order valence-electron chi connectivity index (χ2n) is 21.4. The summed E-state index contributed by atoms with van der Waals surface area (Å²) >= 11 is 0. The van der Waals surface area contributed by atoms with E-state index in [2.05, 4.69) is 62.5 Å². The Hall–Kier alpha value is -8.34. The molecular formula is C54H74F6N14O10. The maximum absolute atomic E-state index is 14.7. The van der Waals surface area contributed by atoms with Crippen LogP contribution in [0.5, 0.6) is 11.5 Å². The molecule has 30 heteroatoms. The summed E-state index contributed by atoms with van der Waals surface area (Å²) in [4.78, 5) is 99.7. The number of guanidine groups is 2. The molecule has 3 aromatic rings. The molecule has 1 aromatic heterocycles. The Morgan fingerprint density at radius 1 is 0.560 bits per heavy atom. The van der Waals surface area contributed by atoms with Crippen molar-refractivity contribution in [3.05, 3.63) is 59.2 Å². The van der Waals surface area contributed by atoms with E-state index < -0.39 is 128 Å². The number of anilines is 4. The van der Waals surface area contributed by atoms with E-state index in [9.17, 15) is 55.1 Å². The lowest BCUT2D eigenvalue weighted by atomic mass is 10.1. The summed E-state index contributed by atoms with van der Waals surface area (Å²) in [5.41, 5.74) is -7.84. The van der Waals surface area contributed by atoms with Gasteiger partial charge < -0.3 is 71.3 Å². The third kappa shape index (κ3) is 20.5. The minimum Gasteiger partial charge on any atom is -0.484 e. The fourth-order valence-electron chi connectivity index (χ4n) is 8.37. The summed E-state index contributed by atoms with van der Waals surface area (Å²) in [7, 11) is 6.46. The minimum atomic E-state index is -5.06. The number of ether oxygens (including phenoxy) is 4. The molecule has 5 rings (SSSR count). The van der Waals surface area contributed by atoms with Gasteiger partial charge in [-0.1, -0.05) is 0 Å². The van der Waals surface area contributed by atoms with Crippen molar-refractivity contribution in [1.82, 2.24) is 41.0 Å². The van der Waals surface area contributed by atoms with Crippen LogP contribution in [-0.2, 0) is 31.4 Å². The maximum atomic E-state index is 14.7. The predicted molar refractivity (Wildman–Crippen MR) is 300 cm³/mol. The fraction of sp³-hybridized carbons (Fsp3) is 0.556. The van der Waals surface area contributed by atoms with Crippen molar-refractivity contribution in [1.29, 1.82) is 0 Å². The number of rotatable bonds is 20. The van der Waals surface area contributed by atoms with Crippen molar-refractivity contribution >= 4 is 70.5 Å². The Morgan fingerprint density at radius 2 is 0.917 bits per heavy atom. The molecule has 2 aromatic carbocycles. The van der Waals surface area contributed by atoms with Crippen LogP contribution in [0.4, 0.5) is 58.7 Å². The number of benzene rings is 2. The summed E-state index contributed by atoms with van der Waals surface area (Å²) in [6, 6.07) is 3.18. The highest BCUT2D eigenvalue weighted by Crippen LogP contribution is 2.44. The van der Waals surface area contributed by atoms with Crippen LogP contribution in [0, 0.1) is 0 Å². The highest BCUT2D eigenvalue weighted by atomic mass is 19.4. The first-order chi connectivity index (χ1) is 39.4. The number of nitrogens with zero attached hydrogens (tertiary/aromatic N) is 6. The molecule has 0 bridgehead atoms. The quantitative estimate of drug-likeness (QED) is 0.0234. The van der Waals surface area contributed by atoms with Crippen LogP contribution in [0.1, 0.15) is 125 Å². The summed E-state index contributed by atoms with van der Waals surface area (Å²) in [5, 5.41) is 21.4. The molecule has 2 atom stereocenters. The van der Waals surface area contributed by atoms with Crippen molar-refractivity contribution in [2.24, 2.45) is 9.98 Å². The Balaban J connectivity index is 1.48. The predicted octanol–water partition coefficient (Wildman–Crippen LogP) is 7.60. The first-order valence-corrected chi connectivity index (χ1v) is 27.0. The Morgan fingerprint density at radius 3 is 1.24 bits per heavy atom. The number of unbranched alkanes of at least 4 members (excludes halogenated alkanes) is 2. The van der Waals surface area contributed by atoms with Crippen molar-refractivity contribution in [2.45, 2.75) is 129 Å². The first-order valence-electron chi connectivity index (χ1n) is 27.0. The van der Waals surface area contributed by atoms with Crippen molar-refractivity contribution < 1.29 is 74.1 Å². The smallest absolute Gasteiger partial charge is 0.416 e. The molecule has 2 aliphatic heterocycles. The van der Waals surface area contributed by atoms with Crippen LogP contribution in [0.3, 0.4) is 0 Å². The lowest BCUT2D eigenvalue weighted by molar-refractivity contribution is -0.138. The van der Waals surface area contributed by atoms with Crippen LogP contribution in [0.2, 0.25) is 0 Å². The van der Waals surface area contributed by atoms with Crippen molar-refractivity contribution in [2.75, 3.05) is 88.7 Å². The van der Waals surface area contributed by atoms with E-state index in [1.807, 2.05) is 0 Å². The number of hydrogen-bond acceptors (Lipinski definition) is 14. The molecule has 462 valence electrons. The van der Waals surface area contributed by atoms with Crippen LogP contribution >= 0.6 is 0 Å². The number of halogens is 6. The SMILES string of the molecule is CN=C(NC)NCCCCC(=O)Nc1cc(C(F)(F)F)cc(NC(=O)c2cc(C(=O)Nc3cc(C(F)(F)F)cc(NC(=O)CCCCNC(=NC)NC)c3O[C@@H]3CCN(C(=O)OC(C)(C)C)C3)ncn2)c1O[C@@H]1CCN(C(=O)OC(C)(C)C)C1. The molecule has 2 aliphatic rings. The lowest BCUT2D eigenvalue weighted by Crippen LogP contribution is -2.36. The number of carbonyl (C=O) groups is 6. The average Bonchev–Trinajstić information content (AvgIpc) is 2.72. The molecule has 84 heavy (non-hydrogen) atoms. The van der Waals surface area contributed by atoms with Gasteiger partial charge in [-0.25, -0.2) is 19.6 Å². The number of alkyl halides is 6. The molecule has 0 spiro atoms. The van der Waals surface area contributed by atoms with E-state index in [-0.39, 0.29) is 64.7 Å². The summed E-state index contributed by atoms with van der Waals surface area (Å²) < 4.78 is 112. The molecule has 2 fully saturated rings. The second-order valence-corrected chi connectivity index (χ2v) is 21.4. The number of amides is 6. The third-order valence-electron chi connectivity index (χ3n) is 12.3. The van der Waals surface area contributed by atoms with E-state index in [1.54, 1.807) is 69.7 Å². The molecule has 0 saturated carbocycles. The van der Waals surface area contributed by atoms with E-state index in [4.69, 9.17) is 18.9 Å². The molecule has 0 unspecified atom stereocenters. The van der Waals surface area contributed by atoms with Gasteiger partial charge in [-0.3, -0.25) is 29.2 Å². The molecule has 24 nitrogen and oxygen atoms in total. The normalized spacial score (nSPS) is 15.9. The highest BCUT2D eigenvalue weighted by Gasteiger charge is 2.38. The van der Waals surface area contributed by atoms with Crippen molar-refractivity contribution in [3.63, 3.8) is 0 Å². The van der Waals surface area contributed by atoms with Crippen LogP contribution < -0.4 is 52.0 Å². The van der Waals surface area contributed by atoms with Gasteiger partial charge in [-0.2, -0.15) is 26.3 Å². The number of carbonyl (C=O) groups excluding carboxylic acids is 6. The first kappa shape index (κ1) is 66.5. The Labute approximate surface area is 482 Å². The second kappa shape index (κ2) is 29.3. The monoisotopic (exact) mass is 1190 g/mol. The van der Waals surface area contributed by atoms with E-state index in [1.165, 1.54) is 9.80 Å². The van der Waals surface area contributed by atoms with E-state index in [0.29, 0.717) is 62.1 Å². The van der Waals surface area contributed by atoms with E-state index >= 15 is 0 Å². The number of hydrogen-bond donors (Lipinski definition) is 8. The van der Waals surface area contributed by atoms with Gasteiger partial charge in [0, 0.05) is 86.1 Å². The van der Waals surface area contributed by atoms with Crippen molar-refractivity contribution in [3.8, 4) is 11.5 Å². The Bertz CT molecular complexity index is 2710. The van der Waals surface area contributed by atoms with Gasteiger partial charge in [0.15, 0.2) is 23.4 Å². The van der Waals surface area contributed by atoms with Gasteiger partial charge in [-0.15, -0.1) is 0 Å². The number of aliphatic imine (C=N–C) groups is 2. The molecular weight excluding hydrogens is 1120 g/mol. The minimum absolute atomic E-state index is 0.104. The topological polar surface area (TPSA) is 293 Å². The zero-order valence-corrected chi connectivity index (χ0v) is 48.6. The number of nitrogens with one attached hydrogen (secondary N) is 8. The van der Waals surface area contributed by atoms with Gasteiger partial charge >= 0.3 is 24.5 Å². The summed E-state index contributed by atoms with van der Waals surface area (Å²) in [6.07, 6.45) is -11.0. The van der Waals surface area contributed by atoms with Crippen LogP contribution in [0.25, 0.3) is 0 Å². The zero-order valence-electron chi connectivity index (χ0n) is 48.6. The van der Waals surface area contributed by atoms with Gasteiger partial charge in [0.1, 0.15) is 41.1 Å². The summed E-state index contributed by atoms with van der Waals surface area (Å²) in [5.74, 6) is -3.74. The highest BCUT2D eigenvalue weighted by molar-refractivity contribution is 6.09. The number of aromatic nitrogens is 2. The third-order valence-corrected chi connectivity index (χ3v) is 12.3. The lowest BCUT2D eigenvalue weighted by Gasteiger charge is -2.25. The van der Waals surface area contributed by atoms with Crippen LogP contribution in [-0.4, -0.2) is 158 Å². The Kier molecular flexibility index (Phi) is 23.2. The maximum Gasteiger partial charge on any atom is 0.416 e. The summed E-state index contributed by atoms with van der Waals surface area (Å²) in [6.45, 7) is 10.8. The van der Waals surface area contributed by atoms with Gasteiger partial charge in [0.05, 0.1) is 47.0 Å². The molecule has 0 radical (unpaired) electrons. The van der Waals surface area contributed by atoms with E-state index in [0.717, 1.165) is 12.4 Å². The molecule has 2 saturated heterocycles. The average molecular weight is 1190 g/mol. The largest absolute Gasteiger partial charge is 0.484 e. The zero-order chi connectivity index (χ0) is 62.2. The molecule has 3 heterocycles. The number of likely N-dealkylation sites (tertiary alicyclic amines) is 2.